The minimum absolute atomic E-state index is 0.228. The summed E-state index contributed by atoms with van der Waals surface area (Å²) in [4.78, 5) is 38.1. The maximum atomic E-state index is 12.9. The number of allylic oxidation sites excluding steroid dienone is 1. The number of fused-ring (bicyclic) bond motifs is 5. The summed E-state index contributed by atoms with van der Waals surface area (Å²) >= 11 is 0. The van der Waals surface area contributed by atoms with Crippen molar-refractivity contribution in [1.29, 1.82) is 0 Å². The van der Waals surface area contributed by atoms with Crippen molar-refractivity contribution in [2.24, 2.45) is 11.8 Å². The standard InChI is InChI=1S/C25H30O8/c1-8-10(2)21(26)31-19-15-11(3)9-14(29-23(28)24(6)13(5)32-24)16-12(4)22(27)30-18(16)17(15)25(7)20(19)33-25/h8,13-14,16-20H,4,9H2,1-3,5-7H3/b10-8-/t13-,14+,16+,17-,18-,19+,20+,24+,25-/m0/s1. The summed E-state index contributed by atoms with van der Waals surface area (Å²) in [5, 5.41) is 0. The molecule has 0 bridgehead atoms. The van der Waals surface area contributed by atoms with E-state index in [1.54, 1.807) is 26.8 Å². The molecule has 0 unspecified atom stereocenters. The SMILES string of the molecule is C=C1C(=O)O[C@H]2[C@H]1[C@H](OC(=O)[C@]1(C)O[C@H]1C)CC(C)=C1[C@@H](OC(=O)/C(C)=C\C)[C@H]3O[C@@]3(C)[C@@H]12. The summed E-state index contributed by atoms with van der Waals surface area (Å²) in [6.45, 7) is 14.8. The van der Waals surface area contributed by atoms with Crippen molar-refractivity contribution in [3.63, 3.8) is 0 Å². The lowest BCUT2D eigenvalue weighted by molar-refractivity contribution is -0.159. The fraction of sp³-hybridized carbons (Fsp3) is 0.640. The maximum Gasteiger partial charge on any atom is 0.341 e. The number of carbonyl (C=O) groups is 3. The van der Waals surface area contributed by atoms with Gasteiger partial charge in [0.05, 0.1) is 17.9 Å². The molecule has 5 rings (SSSR count). The first-order chi connectivity index (χ1) is 15.4. The maximum absolute atomic E-state index is 12.9. The lowest BCUT2D eigenvalue weighted by atomic mass is 9.80. The monoisotopic (exact) mass is 458 g/mol. The van der Waals surface area contributed by atoms with E-state index in [-0.39, 0.29) is 23.7 Å². The largest absolute Gasteiger partial charge is 0.459 e. The molecule has 0 amide bonds. The van der Waals surface area contributed by atoms with Gasteiger partial charge in [0.2, 0.25) is 0 Å². The topological polar surface area (TPSA) is 104 Å². The highest BCUT2D eigenvalue weighted by molar-refractivity contribution is 5.92. The third-order valence-electron chi connectivity index (χ3n) is 8.21. The molecule has 8 nitrogen and oxygen atoms in total. The fourth-order valence-electron chi connectivity index (χ4n) is 5.75. The molecule has 0 N–H and O–H groups in total. The second-order valence-electron chi connectivity index (χ2n) is 10.2. The Hall–Kier alpha value is -2.45. The van der Waals surface area contributed by atoms with Gasteiger partial charge in [-0.15, -0.1) is 0 Å². The van der Waals surface area contributed by atoms with E-state index in [1.807, 2.05) is 20.8 Å². The van der Waals surface area contributed by atoms with Gasteiger partial charge in [-0.2, -0.15) is 0 Å². The zero-order chi connectivity index (χ0) is 24.0. The summed E-state index contributed by atoms with van der Waals surface area (Å²) in [6, 6.07) is 0. The molecule has 0 aromatic carbocycles. The molecular weight excluding hydrogens is 428 g/mol. The van der Waals surface area contributed by atoms with Crippen LogP contribution in [0.15, 0.2) is 34.9 Å². The lowest BCUT2D eigenvalue weighted by Crippen LogP contribution is -2.41. The number of epoxide rings is 2. The zero-order valence-corrected chi connectivity index (χ0v) is 19.8. The Bertz CT molecular complexity index is 1040. The molecule has 0 aromatic rings. The van der Waals surface area contributed by atoms with Crippen LogP contribution in [-0.2, 0) is 38.1 Å². The number of esters is 3. The molecule has 0 spiro atoms. The van der Waals surface area contributed by atoms with Gasteiger partial charge in [-0.25, -0.2) is 14.4 Å². The molecule has 3 saturated heterocycles. The highest BCUT2D eigenvalue weighted by Crippen LogP contribution is 2.63. The Morgan fingerprint density at radius 3 is 2.48 bits per heavy atom. The van der Waals surface area contributed by atoms with Crippen LogP contribution in [0.2, 0.25) is 0 Å². The van der Waals surface area contributed by atoms with Crippen LogP contribution in [0.4, 0.5) is 0 Å². The van der Waals surface area contributed by atoms with E-state index in [0.29, 0.717) is 12.0 Å². The van der Waals surface area contributed by atoms with Gasteiger partial charge in [0.25, 0.3) is 0 Å². The van der Waals surface area contributed by atoms with Crippen LogP contribution in [0.25, 0.3) is 0 Å². The van der Waals surface area contributed by atoms with Gasteiger partial charge in [-0.05, 0) is 47.1 Å². The first-order valence-electron chi connectivity index (χ1n) is 11.4. The van der Waals surface area contributed by atoms with Gasteiger partial charge in [-0.3, -0.25) is 0 Å². The minimum Gasteiger partial charge on any atom is -0.459 e. The summed E-state index contributed by atoms with van der Waals surface area (Å²) < 4.78 is 29.1. The molecule has 5 aliphatic rings. The van der Waals surface area contributed by atoms with Crippen LogP contribution in [0, 0.1) is 11.8 Å². The zero-order valence-electron chi connectivity index (χ0n) is 19.8. The van der Waals surface area contributed by atoms with E-state index < -0.39 is 53.3 Å². The van der Waals surface area contributed by atoms with Crippen molar-refractivity contribution in [3.05, 3.63) is 34.9 Å². The summed E-state index contributed by atoms with van der Waals surface area (Å²) in [5.41, 5.74) is 1.00. The Balaban J connectivity index is 1.52. The molecule has 2 aliphatic carbocycles. The number of ether oxygens (including phenoxy) is 5. The molecule has 0 aromatic heterocycles. The Morgan fingerprint density at radius 2 is 1.88 bits per heavy atom. The lowest BCUT2D eigenvalue weighted by Gasteiger charge is -2.30. The summed E-state index contributed by atoms with van der Waals surface area (Å²) in [6.07, 6.45) is -0.329. The van der Waals surface area contributed by atoms with E-state index in [0.717, 1.165) is 11.1 Å². The molecule has 178 valence electrons. The highest BCUT2D eigenvalue weighted by atomic mass is 16.7. The first kappa shape index (κ1) is 22.3. The van der Waals surface area contributed by atoms with E-state index in [1.165, 1.54) is 0 Å². The Morgan fingerprint density at radius 1 is 1.21 bits per heavy atom. The molecule has 1 saturated carbocycles. The van der Waals surface area contributed by atoms with Gasteiger partial charge in [0, 0.05) is 17.6 Å². The first-order valence-corrected chi connectivity index (χ1v) is 11.4. The van der Waals surface area contributed by atoms with Gasteiger partial charge >= 0.3 is 17.9 Å². The third-order valence-corrected chi connectivity index (χ3v) is 8.21. The summed E-state index contributed by atoms with van der Waals surface area (Å²) in [5.74, 6) is -2.22. The van der Waals surface area contributed by atoms with Gasteiger partial charge in [0.1, 0.15) is 23.9 Å². The van der Waals surface area contributed by atoms with Gasteiger partial charge in [-0.1, -0.05) is 18.2 Å². The van der Waals surface area contributed by atoms with E-state index in [4.69, 9.17) is 23.7 Å². The van der Waals surface area contributed by atoms with Crippen LogP contribution in [-0.4, -0.2) is 59.6 Å². The molecule has 4 fully saturated rings. The molecular formula is C25H30O8. The minimum atomic E-state index is -0.984. The average molecular weight is 459 g/mol. The average Bonchev–Trinajstić information content (AvgIpc) is 3.56. The number of rotatable bonds is 4. The second kappa shape index (κ2) is 7.03. The molecule has 33 heavy (non-hydrogen) atoms. The van der Waals surface area contributed by atoms with Crippen molar-refractivity contribution in [3.8, 4) is 0 Å². The van der Waals surface area contributed by atoms with Gasteiger partial charge < -0.3 is 23.7 Å². The number of carbonyl (C=O) groups excluding carboxylic acids is 3. The normalized spacial score (nSPS) is 45.5. The smallest absolute Gasteiger partial charge is 0.341 e. The quantitative estimate of drug-likeness (QED) is 0.208. The van der Waals surface area contributed by atoms with Crippen molar-refractivity contribution >= 4 is 17.9 Å². The molecule has 9 atom stereocenters. The number of hydrogen-bond donors (Lipinski definition) is 0. The van der Waals surface area contributed by atoms with Crippen molar-refractivity contribution in [2.45, 2.75) is 89.7 Å². The van der Waals surface area contributed by atoms with Crippen LogP contribution < -0.4 is 0 Å². The van der Waals surface area contributed by atoms with Crippen molar-refractivity contribution in [1.82, 2.24) is 0 Å². The Kier molecular flexibility index (Phi) is 4.76. The van der Waals surface area contributed by atoms with Gasteiger partial charge in [0.15, 0.2) is 11.7 Å². The summed E-state index contributed by atoms with van der Waals surface area (Å²) in [7, 11) is 0. The fourth-order valence-corrected chi connectivity index (χ4v) is 5.75. The number of hydrogen-bond acceptors (Lipinski definition) is 8. The van der Waals surface area contributed by atoms with E-state index in [2.05, 4.69) is 6.58 Å². The molecule has 8 heteroatoms. The van der Waals surface area contributed by atoms with Crippen LogP contribution in [0.5, 0.6) is 0 Å². The predicted molar refractivity (Wildman–Crippen MR) is 115 cm³/mol. The van der Waals surface area contributed by atoms with Crippen LogP contribution in [0.1, 0.15) is 48.0 Å². The predicted octanol–water partition coefficient (Wildman–Crippen LogP) is 2.56. The van der Waals surface area contributed by atoms with Crippen molar-refractivity contribution in [2.75, 3.05) is 0 Å². The van der Waals surface area contributed by atoms with Crippen molar-refractivity contribution < 1.29 is 38.1 Å². The molecule has 3 aliphatic heterocycles. The van der Waals surface area contributed by atoms with Crippen LogP contribution >= 0.6 is 0 Å². The second-order valence-corrected chi connectivity index (χ2v) is 10.2. The highest BCUT2D eigenvalue weighted by Gasteiger charge is 2.75. The Labute approximate surface area is 192 Å². The van der Waals surface area contributed by atoms with E-state index >= 15 is 0 Å². The van der Waals surface area contributed by atoms with E-state index in [9.17, 15) is 14.4 Å². The molecule has 3 heterocycles. The third kappa shape index (κ3) is 3.06. The molecule has 0 radical (unpaired) electrons. The van der Waals surface area contributed by atoms with Crippen LogP contribution in [0.3, 0.4) is 0 Å².